The van der Waals surface area contributed by atoms with Gasteiger partial charge in [-0.15, -0.1) is 0 Å². The summed E-state index contributed by atoms with van der Waals surface area (Å²) in [5, 5.41) is 6.72. The van der Waals surface area contributed by atoms with Crippen molar-refractivity contribution in [3.63, 3.8) is 0 Å². The lowest BCUT2D eigenvalue weighted by atomic mass is 10.3. The molecule has 2 aromatic rings. The van der Waals surface area contributed by atoms with Crippen molar-refractivity contribution < 1.29 is 0 Å². The van der Waals surface area contributed by atoms with Gasteiger partial charge in [0.1, 0.15) is 5.82 Å². The number of nitrogens with zero attached hydrogens (tertiary/aromatic N) is 2. The van der Waals surface area contributed by atoms with Crippen molar-refractivity contribution in [2.45, 2.75) is 13.3 Å². The van der Waals surface area contributed by atoms with Crippen molar-refractivity contribution in [1.82, 2.24) is 20.3 Å². The summed E-state index contributed by atoms with van der Waals surface area (Å²) in [7, 11) is 0. The van der Waals surface area contributed by atoms with Crippen molar-refractivity contribution in [3.05, 3.63) is 42.1 Å². The zero-order valence-electron chi connectivity index (χ0n) is 10.1. The predicted molar refractivity (Wildman–Crippen MR) is 75.5 cm³/mol. The minimum absolute atomic E-state index is 0.575. The van der Waals surface area contributed by atoms with E-state index in [2.05, 4.69) is 25.6 Å². The smallest absolute Gasteiger partial charge is 0.171 e. The number of nitrogens with one attached hydrogen (secondary N) is 3. The molecule has 0 radical (unpaired) electrons. The lowest BCUT2D eigenvalue weighted by Gasteiger charge is -2.09. The predicted octanol–water partition coefficient (Wildman–Crippen LogP) is 1.64. The number of H-pyrrole nitrogens is 1. The number of aromatic nitrogens is 3. The van der Waals surface area contributed by atoms with Crippen molar-refractivity contribution in [2.75, 3.05) is 11.9 Å². The summed E-state index contributed by atoms with van der Waals surface area (Å²) >= 11 is 5.18. The van der Waals surface area contributed by atoms with Crippen molar-refractivity contribution in [2.24, 2.45) is 0 Å². The van der Waals surface area contributed by atoms with E-state index in [-0.39, 0.29) is 0 Å². The molecule has 0 aliphatic rings. The summed E-state index contributed by atoms with van der Waals surface area (Å²) < 4.78 is 0. The second-order valence-corrected chi connectivity index (χ2v) is 4.34. The number of rotatable bonds is 4. The van der Waals surface area contributed by atoms with Gasteiger partial charge in [0.25, 0.3) is 0 Å². The number of hydrogen-bond donors (Lipinski definition) is 3. The van der Waals surface area contributed by atoms with E-state index >= 15 is 0 Å². The molecule has 2 aromatic heterocycles. The number of anilines is 1. The topological polar surface area (TPSA) is 65.6 Å². The van der Waals surface area contributed by atoms with Gasteiger partial charge in [-0.1, -0.05) is 6.07 Å². The molecule has 0 bridgehead atoms. The van der Waals surface area contributed by atoms with Crippen LogP contribution in [0, 0.1) is 6.92 Å². The lowest BCUT2D eigenvalue weighted by Crippen LogP contribution is -2.30. The molecule has 2 heterocycles. The first-order chi connectivity index (χ1) is 8.74. The zero-order valence-corrected chi connectivity index (χ0v) is 10.9. The molecular formula is C12H15N5S. The van der Waals surface area contributed by atoms with E-state index in [1.807, 2.05) is 19.1 Å². The van der Waals surface area contributed by atoms with Crippen LogP contribution in [0.25, 0.3) is 0 Å². The first-order valence-corrected chi connectivity index (χ1v) is 6.09. The minimum atomic E-state index is 0.575. The standard InChI is InChI=1S/C12H15N5S/c1-9-2-3-11(15-6-9)17-12(18)14-5-4-10-7-13-8-16-10/h2-3,6-8H,4-5H2,1H3,(H,13,16)(H2,14,15,17,18). The second-order valence-electron chi connectivity index (χ2n) is 3.93. The Kier molecular flexibility index (Phi) is 4.25. The highest BCUT2D eigenvalue weighted by Crippen LogP contribution is 2.03. The Morgan fingerprint density at radius 2 is 2.28 bits per heavy atom. The van der Waals surface area contributed by atoms with Gasteiger partial charge in [0, 0.05) is 31.1 Å². The Bertz CT molecular complexity index is 492. The molecule has 5 nitrogen and oxygen atoms in total. The summed E-state index contributed by atoms with van der Waals surface area (Å²) in [6.45, 7) is 2.75. The minimum Gasteiger partial charge on any atom is -0.362 e. The molecule has 0 saturated carbocycles. The maximum atomic E-state index is 5.18. The summed E-state index contributed by atoms with van der Waals surface area (Å²) in [4.78, 5) is 11.2. The van der Waals surface area contributed by atoms with E-state index in [1.54, 1.807) is 18.7 Å². The van der Waals surface area contributed by atoms with Crippen molar-refractivity contribution in [1.29, 1.82) is 0 Å². The summed E-state index contributed by atoms with van der Waals surface area (Å²) in [5.41, 5.74) is 2.21. The molecule has 0 aromatic carbocycles. The molecule has 0 aliphatic heterocycles. The first-order valence-electron chi connectivity index (χ1n) is 5.69. The number of aryl methyl sites for hydroxylation is 1. The van der Waals surface area contributed by atoms with Crippen molar-refractivity contribution >= 4 is 23.1 Å². The van der Waals surface area contributed by atoms with E-state index in [4.69, 9.17) is 12.2 Å². The maximum absolute atomic E-state index is 5.18. The summed E-state index contributed by atoms with van der Waals surface area (Å²) in [6.07, 6.45) is 6.13. The van der Waals surface area contributed by atoms with Crippen LogP contribution in [0.3, 0.4) is 0 Å². The molecule has 0 amide bonds. The highest BCUT2D eigenvalue weighted by atomic mass is 32.1. The monoisotopic (exact) mass is 261 g/mol. The van der Waals surface area contributed by atoms with Gasteiger partial charge in [0.05, 0.1) is 6.33 Å². The lowest BCUT2D eigenvalue weighted by molar-refractivity contribution is 0.853. The fraction of sp³-hybridized carbons (Fsp3) is 0.250. The molecule has 0 aliphatic carbocycles. The van der Waals surface area contributed by atoms with E-state index in [0.29, 0.717) is 5.11 Å². The number of imidazole rings is 1. The summed E-state index contributed by atoms with van der Waals surface area (Å²) in [6, 6.07) is 3.89. The number of pyridine rings is 1. The number of thiocarbonyl (C=S) groups is 1. The fourth-order valence-electron chi connectivity index (χ4n) is 1.43. The van der Waals surface area contributed by atoms with E-state index in [0.717, 1.165) is 30.0 Å². The van der Waals surface area contributed by atoms with E-state index in [9.17, 15) is 0 Å². The highest BCUT2D eigenvalue weighted by molar-refractivity contribution is 7.80. The molecular weight excluding hydrogens is 246 g/mol. The van der Waals surface area contributed by atoms with Crippen LogP contribution in [0.5, 0.6) is 0 Å². The van der Waals surface area contributed by atoms with Crippen LogP contribution in [0.4, 0.5) is 5.82 Å². The Morgan fingerprint density at radius 1 is 1.39 bits per heavy atom. The third-order valence-corrected chi connectivity index (χ3v) is 2.63. The Hall–Kier alpha value is -1.95. The van der Waals surface area contributed by atoms with Gasteiger partial charge in [-0.3, -0.25) is 0 Å². The van der Waals surface area contributed by atoms with Gasteiger partial charge >= 0.3 is 0 Å². The second kappa shape index (κ2) is 6.11. The molecule has 0 spiro atoms. The van der Waals surface area contributed by atoms with Crippen LogP contribution in [0.1, 0.15) is 11.3 Å². The Morgan fingerprint density at radius 3 is 2.94 bits per heavy atom. The average Bonchev–Trinajstić information content (AvgIpc) is 2.85. The number of hydrogen-bond acceptors (Lipinski definition) is 3. The zero-order chi connectivity index (χ0) is 12.8. The number of aromatic amines is 1. The van der Waals surface area contributed by atoms with Gasteiger partial charge in [0.2, 0.25) is 0 Å². The molecule has 0 saturated heterocycles. The van der Waals surface area contributed by atoms with Crippen LogP contribution in [0.15, 0.2) is 30.9 Å². The third-order valence-electron chi connectivity index (χ3n) is 2.39. The third kappa shape index (κ3) is 3.81. The van der Waals surface area contributed by atoms with Gasteiger partial charge in [-0.2, -0.15) is 0 Å². The van der Waals surface area contributed by atoms with Crippen molar-refractivity contribution in [3.8, 4) is 0 Å². The molecule has 0 fully saturated rings. The van der Waals surface area contributed by atoms with Gasteiger partial charge in [-0.25, -0.2) is 9.97 Å². The van der Waals surface area contributed by atoms with E-state index in [1.165, 1.54) is 0 Å². The Balaban J connectivity index is 1.73. The molecule has 0 atom stereocenters. The van der Waals surface area contributed by atoms with Gasteiger partial charge in [-0.05, 0) is 30.8 Å². The first kappa shape index (κ1) is 12.5. The van der Waals surface area contributed by atoms with Crippen LogP contribution < -0.4 is 10.6 Å². The summed E-state index contributed by atoms with van der Waals surface area (Å²) in [5.74, 6) is 0.750. The van der Waals surface area contributed by atoms with Crippen LogP contribution >= 0.6 is 12.2 Å². The largest absolute Gasteiger partial charge is 0.362 e. The van der Waals surface area contributed by atoms with Gasteiger partial charge in [0.15, 0.2) is 5.11 Å². The normalized spacial score (nSPS) is 10.1. The van der Waals surface area contributed by atoms with Crippen LogP contribution in [-0.2, 0) is 6.42 Å². The Labute approximate surface area is 111 Å². The van der Waals surface area contributed by atoms with Gasteiger partial charge < -0.3 is 15.6 Å². The fourth-order valence-corrected chi connectivity index (χ4v) is 1.64. The van der Waals surface area contributed by atoms with E-state index < -0.39 is 0 Å². The average molecular weight is 261 g/mol. The molecule has 2 rings (SSSR count). The molecule has 18 heavy (non-hydrogen) atoms. The molecule has 3 N–H and O–H groups in total. The maximum Gasteiger partial charge on any atom is 0.171 e. The van der Waals surface area contributed by atoms with Crippen LogP contribution in [-0.4, -0.2) is 26.6 Å². The van der Waals surface area contributed by atoms with Crippen LogP contribution in [0.2, 0.25) is 0 Å². The molecule has 94 valence electrons. The molecule has 6 heteroatoms. The molecule has 0 unspecified atom stereocenters. The SMILES string of the molecule is Cc1ccc(NC(=S)NCCc2cnc[nH]2)nc1. The highest BCUT2D eigenvalue weighted by Gasteiger charge is 1.99. The quantitative estimate of drug-likeness (QED) is 0.730.